The fourth-order valence-electron chi connectivity index (χ4n) is 6.13. The van der Waals surface area contributed by atoms with Gasteiger partial charge < -0.3 is 15.5 Å². The van der Waals surface area contributed by atoms with E-state index >= 15 is 0 Å². The van der Waals surface area contributed by atoms with Crippen molar-refractivity contribution in [2.45, 2.75) is 49.7 Å². The molecule has 3 aromatic rings. The zero-order valence-electron chi connectivity index (χ0n) is 22.5. The number of nitrogens with zero attached hydrogens (tertiary/aromatic N) is 2. The van der Waals surface area contributed by atoms with E-state index in [1.165, 1.54) is 0 Å². The molecule has 2 N–H and O–H groups in total. The molecule has 2 amide bonds. The van der Waals surface area contributed by atoms with Crippen LogP contribution in [0.3, 0.4) is 0 Å². The third kappa shape index (κ3) is 6.26. The lowest BCUT2D eigenvalue weighted by molar-refractivity contribution is -0.141. The van der Waals surface area contributed by atoms with Crippen LogP contribution in [0.2, 0.25) is 5.15 Å². The molecule has 0 unspecified atom stereocenters. The summed E-state index contributed by atoms with van der Waals surface area (Å²) in [7, 11) is 0. The predicted molar refractivity (Wildman–Crippen MR) is 152 cm³/mol. The summed E-state index contributed by atoms with van der Waals surface area (Å²) in [6.07, 6.45) is 0.508. The van der Waals surface area contributed by atoms with Crippen molar-refractivity contribution < 1.29 is 22.8 Å². The lowest BCUT2D eigenvalue weighted by atomic mass is 9.73. The van der Waals surface area contributed by atoms with Crippen LogP contribution in [0.4, 0.5) is 13.2 Å². The van der Waals surface area contributed by atoms with Crippen LogP contribution in [0.1, 0.15) is 53.6 Å². The van der Waals surface area contributed by atoms with E-state index in [9.17, 15) is 22.8 Å². The Morgan fingerprint density at radius 1 is 0.951 bits per heavy atom. The number of fused-ring (bicyclic) bond motifs is 3. The smallest absolute Gasteiger partial charge is 0.349 e. The highest BCUT2D eigenvalue weighted by Crippen LogP contribution is 2.51. The molecule has 1 saturated heterocycles. The van der Waals surface area contributed by atoms with Gasteiger partial charge in [-0.3, -0.25) is 9.59 Å². The summed E-state index contributed by atoms with van der Waals surface area (Å²) in [4.78, 5) is 32.5. The van der Waals surface area contributed by atoms with Gasteiger partial charge in [-0.1, -0.05) is 66.6 Å². The lowest BCUT2D eigenvalue weighted by Gasteiger charge is -2.33. The van der Waals surface area contributed by atoms with Crippen molar-refractivity contribution >= 4 is 23.4 Å². The topological polar surface area (TPSA) is 74.3 Å². The molecule has 216 valence electrons. The van der Waals surface area contributed by atoms with Crippen LogP contribution in [0.15, 0.2) is 66.9 Å². The molecule has 0 atom stereocenters. The van der Waals surface area contributed by atoms with Crippen LogP contribution in [-0.2, 0) is 10.2 Å². The Bertz CT molecular complexity index is 1360. The van der Waals surface area contributed by atoms with E-state index in [2.05, 4.69) is 20.5 Å². The van der Waals surface area contributed by atoms with E-state index in [1.807, 2.05) is 48.5 Å². The molecule has 0 bridgehead atoms. The highest BCUT2D eigenvalue weighted by Gasteiger charge is 2.49. The number of rotatable bonds is 9. The number of carbonyl (C=O) groups is 2. The molecule has 0 spiro atoms. The number of halogens is 4. The first kappa shape index (κ1) is 29.1. The average molecular weight is 585 g/mol. The second-order valence-corrected chi connectivity index (χ2v) is 11.0. The monoisotopic (exact) mass is 584 g/mol. The van der Waals surface area contributed by atoms with Crippen LogP contribution in [0, 0.1) is 0 Å². The molecule has 1 fully saturated rings. The van der Waals surface area contributed by atoms with Crippen molar-refractivity contribution in [3.63, 3.8) is 0 Å². The highest BCUT2D eigenvalue weighted by atomic mass is 35.5. The number of piperidine rings is 1. The van der Waals surface area contributed by atoms with E-state index in [0.717, 1.165) is 61.2 Å². The van der Waals surface area contributed by atoms with Crippen LogP contribution in [-0.4, -0.2) is 60.1 Å². The Morgan fingerprint density at radius 3 is 2.20 bits per heavy atom. The Labute approximate surface area is 242 Å². The summed E-state index contributed by atoms with van der Waals surface area (Å²) in [5.41, 5.74) is 2.48. The number of amides is 2. The number of hydrogen-bond donors (Lipinski definition) is 2. The quantitative estimate of drug-likeness (QED) is 0.248. The Morgan fingerprint density at radius 2 is 1.59 bits per heavy atom. The first-order valence-corrected chi connectivity index (χ1v) is 14.2. The van der Waals surface area contributed by atoms with Gasteiger partial charge in [0.2, 0.25) is 5.91 Å². The predicted octanol–water partition coefficient (Wildman–Crippen LogP) is 5.74. The summed E-state index contributed by atoms with van der Waals surface area (Å²) in [5, 5.41) is 5.42. The number of aromatic nitrogens is 1. The van der Waals surface area contributed by atoms with Gasteiger partial charge in [0, 0.05) is 25.3 Å². The summed E-state index contributed by atoms with van der Waals surface area (Å²) >= 11 is 6.05. The van der Waals surface area contributed by atoms with Crippen LogP contribution in [0.25, 0.3) is 11.1 Å². The van der Waals surface area contributed by atoms with E-state index in [0.29, 0.717) is 18.4 Å². The number of hydrogen-bond acceptors (Lipinski definition) is 4. The van der Waals surface area contributed by atoms with Crippen LogP contribution < -0.4 is 10.6 Å². The van der Waals surface area contributed by atoms with Gasteiger partial charge in [0.1, 0.15) is 17.1 Å². The van der Waals surface area contributed by atoms with Gasteiger partial charge in [0.15, 0.2) is 0 Å². The second-order valence-electron chi connectivity index (χ2n) is 10.7. The third-order valence-electron chi connectivity index (χ3n) is 8.10. The zero-order chi connectivity index (χ0) is 29.0. The number of benzene rings is 2. The Balaban J connectivity index is 1.21. The van der Waals surface area contributed by atoms with E-state index in [4.69, 9.17) is 11.6 Å². The maximum Gasteiger partial charge on any atom is 0.405 e. The summed E-state index contributed by atoms with van der Waals surface area (Å²) in [6.45, 7) is 1.07. The molecule has 2 heterocycles. The molecule has 41 heavy (non-hydrogen) atoms. The number of carbonyl (C=O) groups excluding carboxylic acids is 2. The van der Waals surface area contributed by atoms with Crippen LogP contribution in [0.5, 0.6) is 0 Å². The van der Waals surface area contributed by atoms with Crippen molar-refractivity contribution in [2.75, 3.05) is 26.2 Å². The molecular formula is C31H32ClF3N4O2. The van der Waals surface area contributed by atoms with Gasteiger partial charge in [0.05, 0.1) is 5.56 Å². The number of unbranched alkanes of at least 4 members (excludes halogenated alkanes) is 1. The minimum atomic E-state index is -4.50. The molecule has 2 aromatic carbocycles. The maximum atomic E-state index is 13.6. The first-order chi connectivity index (χ1) is 19.7. The molecule has 1 aliphatic heterocycles. The summed E-state index contributed by atoms with van der Waals surface area (Å²) < 4.78 is 39.2. The van der Waals surface area contributed by atoms with E-state index in [1.54, 1.807) is 18.3 Å². The molecule has 1 aliphatic carbocycles. The molecule has 10 heteroatoms. The van der Waals surface area contributed by atoms with Crippen molar-refractivity contribution in [1.82, 2.24) is 20.5 Å². The van der Waals surface area contributed by atoms with Crippen molar-refractivity contribution in [3.8, 4) is 11.1 Å². The van der Waals surface area contributed by atoms with Gasteiger partial charge >= 0.3 is 6.18 Å². The molecule has 1 aromatic heterocycles. The minimum Gasteiger partial charge on any atom is -0.349 e. The SMILES string of the molecule is O=C(NC1CCN(CCCCC2(C(=O)NCC(F)(F)F)c3ccccc3-c3ccccc32)CC1)c1cccnc1Cl. The second kappa shape index (κ2) is 12.2. The average Bonchev–Trinajstić information content (AvgIpc) is 3.25. The lowest BCUT2D eigenvalue weighted by Crippen LogP contribution is -2.47. The standard InChI is InChI=1S/C31H32ClF3N4O2/c32-27-24(10-7-16-36-27)28(40)38-21-13-18-39(19-14-21)17-6-5-15-30(29(41)37-20-31(33,34)35)25-11-3-1-8-22(25)23-9-2-4-12-26(23)30/h1-4,7-12,16,21H,5-6,13-15,17-20H2,(H,37,41)(H,38,40). The summed E-state index contributed by atoms with van der Waals surface area (Å²) in [6, 6.07) is 18.4. The highest BCUT2D eigenvalue weighted by molar-refractivity contribution is 6.32. The summed E-state index contributed by atoms with van der Waals surface area (Å²) in [5.74, 6) is -0.842. The van der Waals surface area contributed by atoms with Gasteiger partial charge in [-0.2, -0.15) is 13.2 Å². The van der Waals surface area contributed by atoms with E-state index in [-0.39, 0.29) is 17.1 Å². The Kier molecular flexibility index (Phi) is 8.66. The molecule has 2 aliphatic rings. The van der Waals surface area contributed by atoms with Crippen molar-refractivity contribution in [2.24, 2.45) is 0 Å². The maximum absolute atomic E-state index is 13.6. The Hall–Kier alpha value is -3.43. The zero-order valence-corrected chi connectivity index (χ0v) is 23.3. The van der Waals surface area contributed by atoms with Gasteiger partial charge in [-0.15, -0.1) is 0 Å². The van der Waals surface area contributed by atoms with Gasteiger partial charge in [-0.25, -0.2) is 4.98 Å². The van der Waals surface area contributed by atoms with Crippen molar-refractivity contribution in [1.29, 1.82) is 0 Å². The van der Waals surface area contributed by atoms with Crippen LogP contribution >= 0.6 is 11.6 Å². The molecule has 0 radical (unpaired) electrons. The van der Waals surface area contributed by atoms with Crippen molar-refractivity contribution in [3.05, 3.63) is 88.7 Å². The normalized spacial score (nSPS) is 16.6. The molecule has 5 rings (SSSR count). The molecule has 6 nitrogen and oxygen atoms in total. The fraction of sp³-hybridized carbons (Fsp3) is 0.387. The van der Waals surface area contributed by atoms with Gasteiger partial charge in [0.25, 0.3) is 5.91 Å². The van der Waals surface area contributed by atoms with E-state index < -0.39 is 24.0 Å². The number of pyridine rings is 1. The first-order valence-electron chi connectivity index (χ1n) is 13.9. The minimum absolute atomic E-state index is 0.0436. The fourth-order valence-corrected chi connectivity index (χ4v) is 6.33. The number of alkyl halides is 3. The molecular weight excluding hydrogens is 553 g/mol. The third-order valence-corrected chi connectivity index (χ3v) is 8.40. The number of nitrogens with one attached hydrogen (secondary N) is 2. The molecule has 0 saturated carbocycles. The number of likely N-dealkylation sites (tertiary alicyclic amines) is 1. The largest absolute Gasteiger partial charge is 0.405 e. The van der Waals surface area contributed by atoms with Gasteiger partial charge in [-0.05, 0) is 66.6 Å².